The van der Waals surface area contributed by atoms with Gasteiger partial charge in [0, 0.05) is 0 Å². The number of carbonyl (C=O) groups is 2. The Morgan fingerprint density at radius 1 is 1.42 bits per heavy atom. The van der Waals surface area contributed by atoms with E-state index >= 15 is 0 Å². The lowest BCUT2D eigenvalue weighted by Gasteiger charge is -2.17. The number of hydrogen-bond donors (Lipinski definition) is 2. The van der Waals surface area contributed by atoms with Gasteiger partial charge in [-0.05, 0) is 24.5 Å². The van der Waals surface area contributed by atoms with Gasteiger partial charge in [0.15, 0.2) is 5.76 Å². The van der Waals surface area contributed by atoms with Crippen molar-refractivity contribution < 1.29 is 18.7 Å². The van der Waals surface area contributed by atoms with Gasteiger partial charge < -0.3 is 20.2 Å². The average molecular weight is 268 g/mol. The SMILES string of the molecule is COC(=O)[C@H](CC(C)C)NC(=O)c1ccc(CN)o1. The van der Waals surface area contributed by atoms with Crippen molar-refractivity contribution in [1.82, 2.24) is 5.32 Å². The Balaban J connectivity index is 2.72. The van der Waals surface area contributed by atoms with Gasteiger partial charge in [-0.1, -0.05) is 13.8 Å². The van der Waals surface area contributed by atoms with Crippen LogP contribution in [0, 0.1) is 5.92 Å². The Morgan fingerprint density at radius 3 is 2.58 bits per heavy atom. The molecule has 106 valence electrons. The highest BCUT2D eigenvalue weighted by atomic mass is 16.5. The minimum Gasteiger partial charge on any atom is -0.467 e. The second-order valence-corrected chi connectivity index (χ2v) is 4.65. The van der Waals surface area contributed by atoms with Crippen LogP contribution in [0.3, 0.4) is 0 Å². The maximum atomic E-state index is 11.9. The highest BCUT2D eigenvalue weighted by Crippen LogP contribution is 2.10. The summed E-state index contributed by atoms with van der Waals surface area (Å²) >= 11 is 0. The van der Waals surface area contributed by atoms with E-state index in [-0.39, 0.29) is 18.2 Å². The number of hydrogen-bond acceptors (Lipinski definition) is 5. The lowest BCUT2D eigenvalue weighted by atomic mass is 10.0. The van der Waals surface area contributed by atoms with E-state index in [1.807, 2.05) is 13.8 Å². The number of ether oxygens (including phenoxy) is 1. The van der Waals surface area contributed by atoms with Crippen molar-refractivity contribution in [3.8, 4) is 0 Å². The lowest BCUT2D eigenvalue weighted by Crippen LogP contribution is -2.42. The summed E-state index contributed by atoms with van der Waals surface area (Å²) in [5, 5.41) is 2.60. The summed E-state index contributed by atoms with van der Waals surface area (Å²) < 4.78 is 9.90. The van der Waals surface area contributed by atoms with Gasteiger partial charge in [-0.3, -0.25) is 4.79 Å². The first-order chi connectivity index (χ1) is 8.97. The Morgan fingerprint density at radius 2 is 2.11 bits per heavy atom. The molecule has 1 amide bonds. The Hall–Kier alpha value is -1.82. The molecule has 0 saturated carbocycles. The highest BCUT2D eigenvalue weighted by molar-refractivity contribution is 5.94. The van der Waals surface area contributed by atoms with Gasteiger partial charge >= 0.3 is 5.97 Å². The van der Waals surface area contributed by atoms with E-state index in [4.69, 9.17) is 10.2 Å². The Kier molecular flexibility index (Phi) is 5.57. The van der Waals surface area contributed by atoms with Gasteiger partial charge in [0.1, 0.15) is 11.8 Å². The first kappa shape index (κ1) is 15.2. The molecule has 0 unspecified atom stereocenters. The molecule has 1 aromatic rings. The fraction of sp³-hybridized carbons (Fsp3) is 0.538. The Labute approximate surface area is 112 Å². The molecule has 3 N–H and O–H groups in total. The van der Waals surface area contributed by atoms with E-state index in [0.29, 0.717) is 12.2 Å². The van der Waals surface area contributed by atoms with E-state index < -0.39 is 17.9 Å². The number of esters is 1. The van der Waals surface area contributed by atoms with Gasteiger partial charge in [0.05, 0.1) is 13.7 Å². The van der Waals surface area contributed by atoms with Gasteiger partial charge in [0.2, 0.25) is 0 Å². The minimum atomic E-state index is -0.677. The summed E-state index contributed by atoms with van der Waals surface area (Å²) in [5.74, 6) is -0.00857. The molecule has 1 aromatic heterocycles. The molecule has 0 fully saturated rings. The van der Waals surface area contributed by atoms with E-state index in [0.717, 1.165) is 0 Å². The second kappa shape index (κ2) is 6.94. The molecule has 1 heterocycles. The normalized spacial score (nSPS) is 12.3. The first-order valence-corrected chi connectivity index (χ1v) is 6.15. The molecular weight excluding hydrogens is 248 g/mol. The van der Waals surface area contributed by atoms with E-state index in [2.05, 4.69) is 10.1 Å². The van der Waals surface area contributed by atoms with Crippen molar-refractivity contribution in [3.05, 3.63) is 23.7 Å². The first-order valence-electron chi connectivity index (χ1n) is 6.15. The summed E-state index contributed by atoms with van der Waals surface area (Å²) in [5.41, 5.74) is 5.40. The standard InChI is InChI=1S/C13H20N2O4/c1-8(2)6-10(13(17)18-3)15-12(16)11-5-4-9(7-14)19-11/h4-5,8,10H,6-7,14H2,1-3H3,(H,15,16)/t10-/m0/s1. The molecule has 0 spiro atoms. The van der Waals surface area contributed by atoms with Crippen molar-refractivity contribution in [1.29, 1.82) is 0 Å². The Bertz CT molecular complexity index is 440. The van der Waals surface area contributed by atoms with Gasteiger partial charge in [-0.15, -0.1) is 0 Å². The molecule has 0 saturated heterocycles. The molecule has 0 radical (unpaired) electrons. The molecule has 0 aliphatic rings. The summed E-state index contributed by atoms with van der Waals surface area (Å²) in [6, 6.07) is 2.48. The highest BCUT2D eigenvalue weighted by Gasteiger charge is 2.24. The average Bonchev–Trinajstić information content (AvgIpc) is 2.85. The van der Waals surface area contributed by atoms with Crippen LogP contribution in [0.4, 0.5) is 0 Å². The number of methoxy groups -OCH3 is 1. The fourth-order valence-electron chi connectivity index (χ4n) is 1.67. The van der Waals surface area contributed by atoms with Crippen LogP contribution < -0.4 is 11.1 Å². The van der Waals surface area contributed by atoms with Gasteiger partial charge in [0.25, 0.3) is 5.91 Å². The predicted octanol–water partition coefficient (Wildman–Crippen LogP) is 1.06. The summed E-state index contributed by atoms with van der Waals surface area (Å²) in [7, 11) is 1.29. The number of nitrogens with two attached hydrogens (primary N) is 1. The van der Waals surface area contributed by atoms with Crippen molar-refractivity contribution in [3.63, 3.8) is 0 Å². The summed E-state index contributed by atoms with van der Waals surface area (Å²) in [6.07, 6.45) is 0.503. The zero-order valence-corrected chi connectivity index (χ0v) is 11.4. The minimum absolute atomic E-state index is 0.137. The van der Waals surface area contributed by atoms with Crippen LogP contribution in [0.2, 0.25) is 0 Å². The van der Waals surface area contributed by atoms with Crippen molar-refractivity contribution >= 4 is 11.9 Å². The molecule has 6 heteroatoms. The maximum absolute atomic E-state index is 11.9. The third-order valence-electron chi connectivity index (χ3n) is 2.58. The molecule has 0 aromatic carbocycles. The zero-order chi connectivity index (χ0) is 14.4. The second-order valence-electron chi connectivity index (χ2n) is 4.65. The molecule has 1 rings (SSSR count). The smallest absolute Gasteiger partial charge is 0.328 e. The number of amides is 1. The fourth-order valence-corrected chi connectivity index (χ4v) is 1.67. The summed E-state index contributed by atoms with van der Waals surface area (Å²) in [4.78, 5) is 23.5. The lowest BCUT2D eigenvalue weighted by molar-refractivity contribution is -0.143. The number of furan rings is 1. The summed E-state index contributed by atoms with van der Waals surface area (Å²) in [6.45, 7) is 4.14. The van der Waals surface area contributed by atoms with E-state index in [9.17, 15) is 9.59 Å². The van der Waals surface area contributed by atoms with Crippen molar-refractivity contribution in [2.45, 2.75) is 32.9 Å². The third-order valence-corrected chi connectivity index (χ3v) is 2.58. The van der Waals surface area contributed by atoms with Crippen LogP contribution in [0.15, 0.2) is 16.5 Å². The van der Waals surface area contributed by atoms with Gasteiger partial charge in [-0.2, -0.15) is 0 Å². The van der Waals surface area contributed by atoms with Crippen LogP contribution in [0.1, 0.15) is 36.6 Å². The number of carbonyl (C=O) groups excluding carboxylic acids is 2. The number of rotatable bonds is 6. The van der Waals surface area contributed by atoms with Gasteiger partial charge in [-0.25, -0.2) is 4.79 Å². The zero-order valence-electron chi connectivity index (χ0n) is 11.4. The maximum Gasteiger partial charge on any atom is 0.328 e. The van der Waals surface area contributed by atoms with Crippen molar-refractivity contribution in [2.75, 3.05) is 7.11 Å². The molecule has 1 atom stereocenters. The molecule has 0 bridgehead atoms. The van der Waals surface area contributed by atoms with Crippen molar-refractivity contribution in [2.24, 2.45) is 11.7 Å². The van der Waals surface area contributed by atoms with E-state index in [1.54, 1.807) is 6.07 Å². The number of nitrogens with one attached hydrogen (secondary N) is 1. The third kappa shape index (κ3) is 4.40. The quantitative estimate of drug-likeness (QED) is 0.752. The van der Waals surface area contributed by atoms with Crippen LogP contribution in [-0.4, -0.2) is 25.0 Å². The largest absolute Gasteiger partial charge is 0.467 e. The molecule has 0 aliphatic heterocycles. The molecule has 19 heavy (non-hydrogen) atoms. The van der Waals surface area contributed by atoms with Crippen LogP contribution in [-0.2, 0) is 16.1 Å². The molecule has 0 aliphatic carbocycles. The predicted molar refractivity (Wildman–Crippen MR) is 69.3 cm³/mol. The topological polar surface area (TPSA) is 94.6 Å². The molecular formula is C13H20N2O4. The van der Waals surface area contributed by atoms with Crippen LogP contribution in [0.25, 0.3) is 0 Å². The molecule has 6 nitrogen and oxygen atoms in total. The van der Waals surface area contributed by atoms with Crippen LogP contribution in [0.5, 0.6) is 0 Å². The monoisotopic (exact) mass is 268 g/mol. The van der Waals surface area contributed by atoms with E-state index in [1.165, 1.54) is 13.2 Å². The van der Waals surface area contributed by atoms with Crippen LogP contribution >= 0.6 is 0 Å².